The van der Waals surface area contributed by atoms with E-state index in [0.29, 0.717) is 12.2 Å². The number of rotatable bonds is 3. The molecule has 0 aromatic carbocycles. The number of carbonyl (C=O) groups is 1. The summed E-state index contributed by atoms with van der Waals surface area (Å²) in [5.74, 6) is -0.469. The van der Waals surface area contributed by atoms with Crippen molar-refractivity contribution in [2.45, 2.75) is 6.54 Å². The van der Waals surface area contributed by atoms with Gasteiger partial charge in [0.2, 0.25) is 0 Å². The number of nitrogens with zero attached hydrogens (tertiary/aromatic N) is 1. The van der Waals surface area contributed by atoms with Gasteiger partial charge in [0.25, 0.3) is 5.91 Å². The van der Waals surface area contributed by atoms with Gasteiger partial charge in [-0.05, 0) is 7.05 Å². The molecule has 1 heterocycles. The van der Waals surface area contributed by atoms with Crippen molar-refractivity contribution in [2.24, 2.45) is 5.73 Å². The summed E-state index contributed by atoms with van der Waals surface area (Å²) in [6.07, 6.45) is 0. The zero-order valence-electron chi connectivity index (χ0n) is 6.13. The lowest BCUT2D eigenvalue weighted by molar-refractivity contribution is 0.0996. The number of primary amides is 1. The Labute approximate surface area is 68.4 Å². The van der Waals surface area contributed by atoms with Crippen molar-refractivity contribution in [3.63, 3.8) is 0 Å². The molecule has 0 spiro atoms. The highest BCUT2D eigenvalue weighted by molar-refractivity contribution is 7.09. The van der Waals surface area contributed by atoms with E-state index in [-0.39, 0.29) is 0 Å². The molecule has 0 fully saturated rings. The molecule has 0 aliphatic carbocycles. The number of nitrogens with two attached hydrogens (primary N) is 1. The third-order valence-corrected chi connectivity index (χ3v) is 1.98. The molecule has 1 rings (SSSR count). The quantitative estimate of drug-likeness (QED) is 0.670. The van der Waals surface area contributed by atoms with Gasteiger partial charge >= 0.3 is 0 Å². The highest BCUT2D eigenvalue weighted by Gasteiger charge is 2.04. The number of nitrogens with one attached hydrogen (secondary N) is 1. The Bertz CT molecular complexity index is 258. The number of amides is 1. The Balaban J connectivity index is 2.73. The van der Waals surface area contributed by atoms with Crippen LogP contribution in [-0.4, -0.2) is 17.9 Å². The lowest BCUT2D eigenvalue weighted by Crippen LogP contribution is -2.12. The zero-order valence-corrected chi connectivity index (χ0v) is 6.94. The molecule has 0 aliphatic rings. The highest BCUT2D eigenvalue weighted by atomic mass is 32.1. The van der Waals surface area contributed by atoms with Crippen LogP contribution in [-0.2, 0) is 6.54 Å². The lowest BCUT2D eigenvalue weighted by atomic mass is 10.5. The van der Waals surface area contributed by atoms with Crippen LogP contribution < -0.4 is 11.1 Å². The summed E-state index contributed by atoms with van der Waals surface area (Å²) < 4.78 is 0. The average molecular weight is 171 g/mol. The molecule has 60 valence electrons. The van der Waals surface area contributed by atoms with Crippen LogP contribution in [0.2, 0.25) is 0 Å². The van der Waals surface area contributed by atoms with Crippen LogP contribution in [0.5, 0.6) is 0 Å². The largest absolute Gasteiger partial charge is 0.364 e. The molecule has 4 nitrogen and oxygen atoms in total. The SMILES string of the molecule is CNCc1nc(C(N)=O)cs1. The Morgan fingerprint density at radius 1 is 1.91 bits per heavy atom. The molecular formula is C6H9N3OS. The topological polar surface area (TPSA) is 68.0 Å². The fourth-order valence-corrected chi connectivity index (χ4v) is 1.45. The number of carbonyl (C=O) groups excluding carboxylic acids is 1. The minimum absolute atomic E-state index is 0.347. The van der Waals surface area contributed by atoms with Crippen LogP contribution in [0.3, 0.4) is 0 Å². The van der Waals surface area contributed by atoms with Gasteiger partial charge in [0.1, 0.15) is 10.7 Å². The van der Waals surface area contributed by atoms with E-state index >= 15 is 0 Å². The molecular weight excluding hydrogens is 162 g/mol. The fourth-order valence-electron chi connectivity index (χ4n) is 0.656. The summed E-state index contributed by atoms with van der Waals surface area (Å²) in [5.41, 5.74) is 5.36. The number of aromatic nitrogens is 1. The Morgan fingerprint density at radius 3 is 3.09 bits per heavy atom. The van der Waals surface area contributed by atoms with Crippen molar-refractivity contribution < 1.29 is 4.79 Å². The fraction of sp³-hybridized carbons (Fsp3) is 0.333. The van der Waals surface area contributed by atoms with Crippen LogP contribution in [0.15, 0.2) is 5.38 Å². The number of hydrogen-bond donors (Lipinski definition) is 2. The van der Waals surface area contributed by atoms with Gasteiger partial charge in [0, 0.05) is 11.9 Å². The van der Waals surface area contributed by atoms with E-state index in [1.165, 1.54) is 11.3 Å². The van der Waals surface area contributed by atoms with E-state index in [1.54, 1.807) is 5.38 Å². The van der Waals surface area contributed by atoms with Crippen molar-refractivity contribution in [3.05, 3.63) is 16.1 Å². The van der Waals surface area contributed by atoms with Gasteiger partial charge < -0.3 is 11.1 Å². The maximum Gasteiger partial charge on any atom is 0.268 e. The van der Waals surface area contributed by atoms with Gasteiger partial charge in [-0.2, -0.15) is 0 Å². The van der Waals surface area contributed by atoms with Gasteiger partial charge in [-0.1, -0.05) is 0 Å². The molecule has 1 amide bonds. The van der Waals surface area contributed by atoms with Crippen LogP contribution in [0.4, 0.5) is 0 Å². The lowest BCUT2D eigenvalue weighted by Gasteiger charge is -1.89. The summed E-state index contributed by atoms with van der Waals surface area (Å²) in [5, 5.41) is 5.47. The van der Waals surface area contributed by atoms with Crippen LogP contribution in [0.1, 0.15) is 15.5 Å². The molecule has 0 unspecified atom stereocenters. The molecule has 1 aromatic rings. The van der Waals surface area contributed by atoms with Gasteiger partial charge in [-0.25, -0.2) is 4.98 Å². The third kappa shape index (κ3) is 1.99. The molecule has 0 atom stereocenters. The summed E-state index contributed by atoms with van der Waals surface area (Å²) in [4.78, 5) is 14.5. The first-order valence-corrected chi connectivity index (χ1v) is 4.01. The predicted octanol–water partition coefficient (Wildman–Crippen LogP) is -0.0386. The van der Waals surface area contributed by atoms with Crippen LogP contribution in [0, 0.1) is 0 Å². The maximum atomic E-state index is 10.6. The normalized spacial score (nSPS) is 9.91. The number of thiazole rings is 1. The van der Waals surface area contributed by atoms with Gasteiger partial charge in [0.05, 0.1) is 0 Å². The van der Waals surface area contributed by atoms with Gasteiger partial charge in [0.15, 0.2) is 0 Å². The van der Waals surface area contributed by atoms with Crippen molar-refractivity contribution in [1.82, 2.24) is 10.3 Å². The molecule has 0 radical (unpaired) electrons. The van der Waals surface area contributed by atoms with Crippen molar-refractivity contribution in [2.75, 3.05) is 7.05 Å². The van der Waals surface area contributed by atoms with Crippen molar-refractivity contribution >= 4 is 17.2 Å². The maximum absolute atomic E-state index is 10.6. The second kappa shape index (κ2) is 3.45. The Hall–Kier alpha value is -0.940. The third-order valence-electron chi connectivity index (χ3n) is 1.13. The van der Waals surface area contributed by atoms with E-state index in [0.717, 1.165) is 5.01 Å². The Kier molecular flexibility index (Phi) is 2.56. The van der Waals surface area contributed by atoms with E-state index in [4.69, 9.17) is 5.73 Å². The monoisotopic (exact) mass is 171 g/mol. The molecule has 0 bridgehead atoms. The van der Waals surface area contributed by atoms with E-state index in [1.807, 2.05) is 7.05 Å². The first kappa shape index (κ1) is 8.16. The smallest absolute Gasteiger partial charge is 0.268 e. The molecule has 1 aromatic heterocycles. The second-order valence-corrected chi connectivity index (χ2v) is 2.96. The summed E-state index contributed by atoms with van der Waals surface area (Å²) in [6.45, 7) is 0.679. The minimum Gasteiger partial charge on any atom is -0.364 e. The summed E-state index contributed by atoms with van der Waals surface area (Å²) in [7, 11) is 1.82. The zero-order chi connectivity index (χ0) is 8.27. The van der Waals surface area contributed by atoms with Crippen LogP contribution >= 0.6 is 11.3 Å². The van der Waals surface area contributed by atoms with E-state index in [2.05, 4.69) is 10.3 Å². The molecule has 0 saturated heterocycles. The second-order valence-electron chi connectivity index (χ2n) is 2.02. The van der Waals surface area contributed by atoms with Gasteiger partial charge in [-0.3, -0.25) is 4.79 Å². The molecule has 5 heteroatoms. The molecule has 0 aliphatic heterocycles. The summed E-state index contributed by atoms with van der Waals surface area (Å²) in [6, 6.07) is 0. The molecule has 11 heavy (non-hydrogen) atoms. The molecule has 0 saturated carbocycles. The van der Waals surface area contributed by atoms with E-state index in [9.17, 15) is 4.79 Å². The molecule has 3 N–H and O–H groups in total. The highest BCUT2D eigenvalue weighted by Crippen LogP contribution is 2.08. The first-order valence-electron chi connectivity index (χ1n) is 3.13. The number of hydrogen-bond acceptors (Lipinski definition) is 4. The Morgan fingerprint density at radius 2 is 2.64 bits per heavy atom. The van der Waals surface area contributed by atoms with Crippen LogP contribution in [0.25, 0.3) is 0 Å². The minimum atomic E-state index is -0.469. The first-order chi connectivity index (χ1) is 5.24. The van der Waals surface area contributed by atoms with Gasteiger partial charge in [-0.15, -0.1) is 11.3 Å². The predicted molar refractivity (Wildman–Crippen MR) is 43.4 cm³/mol. The summed E-state index contributed by atoms with van der Waals surface area (Å²) >= 11 is 1.43. The standard InChI is InChI=1S/C6H9N3OS/c1-8-2-5-9-4(3-11-5)6(7)10/h3,8H,2H2,1H3,(H2,7,10). The van der Waals surface area contributed by atoms with Crippen molar-refractivity contribution in [1.29, 1.82) is 0 Å². The average Bonchev–Trinajstić information content (AvgIpc) is 2.37. The van der Waals surface area contributed by atoms with E-state index < -0.39 is 5.91 Å². The van der Waals surface area contributed by atoms with Crippen molar-refractivity contribution in [3.8, 4) is 0 Å².